The highest BCUT2D eigenvalue weighted by molar-refractivity contribution is 5.79. The van der Waals surface area contributed by atoms with Crippen LogP contribution in [0.15, 0.2) is 48.6 Å². The topological polar surface area (TPSA) is 37.3 Å². The zero-order chi connectivity index (χ0) is 13.5. The molecule has 0 spiro atoms. The molecule has 0 aliphatic heterocycles. The third-order valence-electron chi connectivity index (χ3n) is 2.27. The van der Waals surface area contributed by atoms with E-state index in [0.717, 1.165) is 25.7 Å². The third kappa shape index (κ3) is 14.4. The van der Waals surface area contributed by atoms with Crippen molar-refractivity contribution in [1.82, 2.24) is 0 Å². The minimum absolute atomic E-state index is 0.774. The highest BCUT2D eigenvalue weighted by atomic mass is 16.4. The van der Waals surface area contributed by atoms with Crippen LogP contribution < -0.4 is 0 Å². The lowest BCUT2D eigenvalue weighted by atomic mass is 10.2. The van der Waals surface area contributed by atoms with Gasteiger partial charge in [-0.2, -0.15) is 0 Å². The smallest absolute Gasteiger partial charge is 0.327 e. The predicted molar refractivity (Wildman–Crippen MR) is 77.6 cm³/mol. The molecule has 0 bridgehead atoms. The molecule has 1 N–H and O–H groups in total. The van der Waals surface area contributed by atoms with Crippen LogP contribution in [0.3, 0.4) is 0 Å². The molecule has 0 aliphatic rings. The Morgan fingerprint density at radius 3 is 1.89 bits per heavy atom. The molecule has 0 saturated carbocycles. The number of aliphatic carboxylic acids is 1. The minimum Gasteiger partial charge on any atom is -0.478 e. The fourth-order valence-electron chi connectivity index (χ4n) is 1.32. The average molecular weight is 248 g/mol. The van der Waals surface area contributed by atoms with Crippen LogP contribution in [0.5, 0.6) is 0 Å². The van der Waals surface area contributed by atoms with Crippen LogP contribution in [-0.2, 0) is 4.79 Å². The van der Waals surface area contributed by atoms with Crippen LogP contribution in [0.4, 0.5) is 0 Å². The summed E-state index contributed by atoms with van der Waals surface area (Å²) < 4.78 is 0. The van der Waals surface area contributed by atoms with E-state index in [9.17, 15) is 4.79 Å². The first kappa shape index (κ1) is 16.4. The van der Waals surface area contributed by atoms with Crippen molar-refractivity contribution >= 4 is 5.97 Å². The van der Waals surface area contributed by atoms with Crippen molar-refractivity contribution in [2.75, 3.05) is 0 Å². The van der Waals surface area contributed by atoms with Crippen molar-refractivity contribution in [1.29, 1.82) is 0 Å². The van der Waals surface area contributed by atoms with E-state index < -0.39 is 5.97 Å². The van der Waals surface area contributed by atoms with Crippen LogP contribution in [0.2, 0.25) is 0 Å². The first-order valence-corrected chi connectivity index (χ1v) is 6.63. The minimum atomic E-state index is -0.880. The molecule has 0 radical (unpaired) electrons. The summed E-state index contributed by atoms with van der Waals surface area (Å²) in [5.41, 5.74) is 0. The van der Waals surface area contributed by atoms with Crippen molar-refractivity contribution in [2.24, 2.45) is 0 Å². The van der Waals surface area contributed by atoms with Crippen LogP contribution >= 0.6 is 0 Å². The third-order valence-corrected chi connectivity index (χ3v) is 2.27. The van der Waals surface area contributed by atoms with Gasteiger partial charge in [0.15, 0.2) is 0 Å². The summed E-state index contributed by atoms with van der Waals surface area (Å²) in [6.07, 6.45) is 21.8. The number of carboxylic acid groups (broad SMARTS) is 1. The van der Waals surface area contributed by atoms with E-state index in [1.54, 1.807) is 6.08 Å². The molecule has 2 heteroatoms. The second-order valence-corrected chi connectivity index (χ2v) is 4.01. The van der Waals surface area contributed by atoms with E-state index in [1.165, 1.54) is 18.9 Å². The van der Waals surface area contributed by atoms with Gasteiger partial charge < -0.3 is 5.11 Å². The quantitative estimate of drug-likeness (QED) is 0.264. The molecule has 0 fully saturated rings. The number of unbranched alkanes of at least 4 members (excludes halogenated alkanes) is 3. The molecule has 2 nitrogen and oxygen atoms in total. The molecule has 100 valence electrons. The molecule has 0 aliphatic carbocycles. The Balaban J connectivity index is 3.43. The highest BCUT2D eigenvalue weighted by Crippen LogP contribution is 1.97. The number of rotatable bonds is 10. The van der Waals surface area contributed by atoms with Crippen molar-refractivity contribution < 1.29 is 9.90 Å². The van der Waals surface area contributed by atoms with Gasteiger partial charge in [0.1, 0.15) is 0 Å². The Morgan fingerprint density at radius 1 is 0.833 bits per heavy atom. The standard InChI is InChI=1S/C16H24O2/c1-2-3-4-5-6-7-8-9-10-11-12-13-14-15-16(17)18/h4-5,8-11,14-15H,2-3,6-7,12-13H2,1H3,(H,17,18)/b5-4+,9-8-,11-10-,15-14-. The fraction of sp³-hybridized carbons (Fsp3) is 0.438. The SMILES string of the molecule is CCC/C=C/CC/C=C\C=C/CC/C=C\C(=O)O. The van der Waals surface area contributed by atoms with Crippen molar-refractivity contribution in [3.8, 4) is 0 Å². The Kier molecular flexibility index (Phi) is 12.3. The van der Waals surface area contributed by atoms with E-state index in [4.69, 9.17) is 5.11 Å². The molecular weight excluding hydrogens is 224 g/mol. The Labute approximate surface area is 110 Å². The number of carboxylic acids is 1. The molecule has 0 atom stereocenters. The first-order valence-electron chi connectivity index (χ1n) is 6.63. The van der Waals surface area contributed by atoms with Gasteiger partial charge in [0, 0.05) is 6.08 Å². The van der Waals surface area contributed by atoms with Gasteiger partial charge in [-0.25, -0.2) is 4.79 Å². The van der Waals surface area contributed by atoms with Gasteiger partial charge in [-0.05, 0) is 32.1 Å². The molecule has 18 heavy (non-hydrogen) atoms. The van der Waals surface area contributed by atoms with Crippen molar-refractivity contribution in [3.63, 3.8) is 0 Å². The normalized spacial score (nSPS) is 12.5. The van der Waals surface area contributed by atoms with Gasteiger partial charge in [-0.15, -0.1) is 0 Å². The summed E-state index contributed by atoms with van der Waals surface area (Å²) in [7, 11) is 0. The van der Waals surface area contributed by atoms with Crippen LogP contribution in [-0.4, -0.2) is 11.1 Å². The second-order valence-electron chi connectivity index (χ2n) is 4.01. The Morgan fingerprint density at radius 2 is 1.33 bits per heavy atom. The Bertz CT molecular complexity index is 309. The van der Waals surface area contributed by atoms with E-state index in [0.29, 0.717) is 0 Å². The van der Waals surface area contributed by atoms with E-state index in [2.05, 4.69) is 37.3 Å². The lowest BCUT2D eigenvalue weighted by Crippen LogP contribution is -1.84. The Hall–Kier alpha value is -1.57. The van der Waals surface area contributed by atoms with Gasteiger partial charge in [0.2, 0.25) is 0 Å². The summed E-state index contributed by atoms with van der Waals surface area (Å²) in [6.45, 7) is 2.18. The van der Waals surface area contributed by atoms with Gasteiger partial charge in [-0.3, -0.25) is 0 Å². The summed E-state index contributed by atoms with van der Waals surface area (Å²) in [5, 5.41) is 8.37. The fourth-order valence-corrected chi connectivity index (χ4v) is 1.32. The summed E-state index contributed by atoms with van der Waals surface area (Å²) in [5.74, 6) is -0.880. The maximum Gasteiger partial charge on any atom is 0.327 e. The second kappa shape index (κ2) is 13.5. The van der Waals surface area contributed by atoms with Gasteiger partial charge in [0.05, 0.1) is 0 Å². The number of hydrogen-bond donors (Lipinski definition) is 1. The zero-order valence-corrected chi connectivity index (χ0v) is 11.2. The molecule has 0 amide bonds. The van der Waals surface area contributed by atoms with Gasteiger partial charge >= 0.3 is 5.97 Å². The van der Waals surface area contributed by atoms with Gasteiger partial charge in [0.25, 0.3) is 0 Å². The molecule has 0 aromatic rings. The van der Waals surface area contributed by atoms with E-state index in [-0.39, 0.29) is 0 Å². The van der Waals surface area contributed by atoms with Gasteiger partial charge in [-0.1, -0.05) is 55.9 Å². The highest BCUT2D eigenvalue weighted by Gasteiger charge is 1.83. The summed E-state index contributed by atoms with van der Waals surface area (Å²) in [6, 6.07) is 0. The number of carbonyl (C=O) groups is 1. The number of allylic oxidation sites excluding steroid dienone is 7. The molecule has 0 saturated heterocycles. The molecule has 0 heterocycles. The van der Waals surface area contributed by atoms with E-state index >= 15 is 0 Å². The molecule has 0 aromatic heterocycles. The first-order chi connectivity index (χ1) is 8.77. The predicted octanol–water partition coefficient (Wildman–Crippen LogP) is 4.66. The van der Waals surface area contributed by atoms with E-state index in [1.807, 2.05) is 6.08 Å². The summed E-state index contributed by atoms with van der Waals surface area (Å²) >= 11 is 0. The number of hydrogen-bond acceptors (Lipinski definition) is 1. The van der Waals surface area contributed by atoms with Crippen molar-refractivity contribution in [2.45, 2.75) is 45.4 Å². The summed E-state index contributed by atoms with van der Waals surface area (Å²) in [4.78, 5) is 10.2. The lowest BCUT2D eigenvalue weighted by molar-refractivity contribution is -0.131. The maximum absolute atomic E-state index is 10.2. The molecule has 0 aromatic carbocycles. The molecule has 0 rings (SSSR count). The van der Waals surface area contributed by atoms with Crippen LogP contribution in [0, 0.1) is 0 Å². The van der Waals surface area contributed by atoms with Crippen LogP contribution in [0.25, 0.3) is 0 Å². The maximum atomic E-state index is 10.2. The van der Waals surface area contributed by atoms with Crippen molar-refractivity contribution in [3.05, 3.63) is 48.6 Å². The average Bonchev–Trinajstić information content (AvgIpc) is 2.34. The molecule has 0 unspecified atom stereocenters. The largest absolute Gasteiger partial charge is 0.478 e. The monoisotopic (exact) mass is 248 g/mol. The van der Waals surface area contributed by atoms with Crippen LogP contribution in [0.1, 0.15) is 45.4 Å². The lowest BCUT2D eigenvalue weighted by Gasteiger charge is -1.87. The zero-order valence-electron chi connectivity index (χ0n) is 11.2. The molecular formula is C16H24O2.